The van der Waals surface area contributed by atoms with Gasteiger partial charge in [0.15, 0.2) is 5.78 Å². The van der Waals surface area contributed by atoms with Crippen molar-refractivity contribution in [2.75, 3.05) is 7.11 Å². The Morgan fingerprint density at radius 1 is 1.16 bits per heavy atom. The van der Waals surface area contributed by atoms with E-state index in [1.807, 2.05) is 0 Å². The van der Waals surface area contributed by atoms with E-state index in [9.17, 15) is 13.6 Å². The fraction of sp³-hybridized carbons (Fsp3) is 0.143. The summed E-state index contributed by atoms with van der Waals surface area (Å²) in [4.78, 5) is 15.8. The van der Waals surface area contributed by atoms with E-state index in [2.05, 4.69) is 4.98 Å². The molecule has 19 heavy (non-hydrogen) atoms. The third-order valence-corrected chi connectivity index (χ3v) is 2.56. The van der Waals surface area contributed by atoms with E-state index < -0.39 is 11.6 Å². The molecule has 0 unspecified atom stereocenters. The third-order valence-electron chi connectivity index (χ3n) is 2.56. The van der Waals surface area contributed by atoms with Crippen LogP contribution in [0.2, 0.25) is 0 Å². The number of ether oxygens (including phenoxy) is 1. The Labute approximate surface area is 108 Å². The maximum atomic E-state index is 13.0. The van der Waals surface area contributed by atoms with Crippen molar-refractivity contribution in [3.8, 4) is 5.75 Å². The second-order valence-electron chi connectivity index (χ2n) is 3.99. The largest absolute Gasteiger partial charge is 0.495 e. The normalized spacial score (nSPS) is 10.3. The summed E-state index contributed by atoms with van der Waals surface area (Å²) in [5.74, 6) is -1.23. The number of rotatable bonds is 4. The van der Waals surface area contributed by atoms with Gasteiger partial charge in [0.2, 0.25) is 0 Å². The highest BCUT2D eigenvalue weighted by Gasteiger charge is 2.10. The number of benzene rings is 1. The summed E-state index contributed by atoms with van der Waals surface area (Å²) < 4.78 is 31.0. The van der Waals surface area contributed by atoms with Crippen molar-refractivity contribution in [2.24, 2.45) is 0 Å². The van der Waals surface area contributed by atoms with E-state index in [4.69, 9.17) is 4.74 Å². The number of pyridine rings is 1. The first-order valence-corrected chi connectivity index (χ1v) is 5.55. The quantitative estimate of drug-likeness (QED) is 0.796. The van der Waals surface area contributed by atoms with Crippen LogP contribution in [0, 0.1) is 11.6 Å². The van der Waals surface area contributed by atoms with Crippen LogP contribution in [0.4, 0.5) is 8.78 Å². The zero-order valence-corrected chi connectivity index (χ0v) is 10.2. The van der Waals surface area contributed by atoms with Crippen LogP contribution < -0.4 is 4.74 Å². The molecule has 1 aromatic carbocycles. The smallest absolute Gasteiger partial charge is 0.168 e. The lowest BCUT2D eigenvalue weighted by Gasteiger charge is -2.04. The maximum absolute atomic E-state index is 13.0. The number of aromatic nitrogens is 1. The molecule has 0 fully saturated rings. The lowest BCUT2D eigenvalue weighted by atomic mass is 10.0. The molecular formula is C14H11F2NO2. The van der Waals surface area contributed by atoms with Crippen molar-refractivity contribution in [1.82, 2.24) is 4.98 Å². The average Bonchev–Trinajstić information content (AvgIpc) is 2.37. The average molecular weight is 263 g/mol. The number of nitrogens with zero attached hydrogens (tertiary/aromatic N) is 1. The summed E-state index contributed by atoms with van der Waals surface area (Å²) in [5.41, 5.74) is 0.620. The van der Waals surface area contributed by atoms with Gasteiger partial charge < -0.3 is 4.74 Å². The monoisotopic (exact) mass is 263 g/mol. The summed E-state index contributed by atoms with van der Waals surface area (Å²) in [6.45, 7) is 0. The molecule has 0 bridgehead atoms. The molecule has 2 aromatic rings. The van der Waals surface area contributed by atoms with Gasteiger partial charge in [-0.1, -0.05) is 0 Å². The Morgan fingerprint density at radius 3 is 2.47 bits per heavy atom. The zero-order valence-electron chi connectivity index (χ0n) is 10.2. The summed E-state index contributed by atoms with van der Waals surface area (Å²) in [7, 11) is 1.47. The molecule has 5 heteroatoms. The van der Waals surface area contributed by atoms with Crippen molar-refractivity contribution < 1.29 is 18.3 Å². The zero-order chi connectivity index (χ0) is 13.8. The Morgan fingerprint density at radius 2 is 1.84 bits per heavy atom. The number of Topliss-reactive ketones (excluding diaryl/α,β-unsaturated/α-hetero) is 1. The molecule has 1 aromatic heterocycles. The summed E-state index contributed by atoms with van der Waals surface area (Å²) in [6, 6.07) is 4.56. The molecule has 0 saturated heterocycles. The number of methoxy groups -OCH3 is 1. The second kappa shape index (κ2) is 5.56. The Hall–Kier alpha value is -2.30. The first-order valence-electron chi connectivity index (χ1n) is 5.55. The summed E-state index contributed by atoms with van der Waals surface area (Å²) in [6.07, 6.45) is 2.77. The van der Waals surface area contributed by atoms with E-state index >= 15 is 0 Å². The molecule has 2 rings (SSSR count). The third kappa shape index (κ3) is 3.34. The topological polar surface area (TPSA) is 39.2 Å². The van der Waals surface area contributed by atoms with E-state index in [0.29, 0.717) is 11.3 Å². The van der Waals surface area contributed by atoms with E-state index in [0.717, 1.165) is 18.2 Å². The van der Waals surface area contributed by atoms with Gasteiger partial charge in [0.1, 0.15) is 17.4 Å². The molecule has 0 atom stereocenters. The Bertz CT molecular complexity index is 594. The fourth-order valence-corrected chi connectivity index (χ4v) is 1.68. The van der Waals surface area contributed by atoms with Crippen molar-refractivity contribution in [3.63, 3.8) is 0 Å². The van der Waals surface area contributed by atoms with Gasteiger partial charge in [0.25, 0.3) is 0 Å². The molecule has 0 aliphatic heterocycles. The van der Waals surface area contributed by atoms with Gasteiger partial charge in [-0.25, -0.2) is 8.78 Å². The molecule has 98 valence electrons. The Balaban J connectivity index is 2.20. The molecule has 0 N–H and O–H groups in total. The van der Waals surface area contributed by atoms with Gasteiger partial charge in [-0.2, -0.15) is 0 Å². The van der Waals surface area contributed by atoms with Gasteiger partial charge >= 0.3 is 0 Å². The number of ketones is 1. The maximum Gasteiger partial charge on any atom is 0.168 e. The summed E-state index contributed by atoms with van der Waals surface area (Å²) in [5, 5.41) is 0. The van der Waals surface area contributed by atoms with E-state index in [-0.39, 0.29) is 17.8 Å². The van der Waals surface area contributed by atoms with Gasteiger partial charge in [0, 0.05) is 24.2 Å². The van der Waals surface area contributed by atoms with Crippen LogP contribution in [-0.4, -0.2) is 17.9 Å². The van der Waals surface area contributed by atoms with Crippen LogP contribution in [-0.2, 0) is 6.42 Å². The molecular weight excluding hydrogens is 252 g/mol. The fourth-order valence-electron chi connectivity index (χ4n) is 1.68. The van der Waals surface area contributed by atoms with E-state index in [1.165, 1.54) is 25.6 Å². The van der Waals surface area contributed by atoms with Crippen molar-refractivity contribution >= 4 is 5.78 Å². The highest BCUT2D eigenvalue weighted by atomic mass is 19.1. The van der Waals surface area contributed by atoms with Gasteiger partial charge in [-0.15, -0.1) is 0 Å². The predicted molar refractivity (Wildman–Crippen MR) is 65.2 cm³/mol. The standard InChI is InChI=1S/C14H11F2NO2/c1-19-13-5-10(7-17-8-13)14(18)4-9-2-11(15)6-12(16)3-9/h2-3,5-8H,4H2,1H3. The molecule has 0 amide bonds. The van der Waals surface area contributed by atoms with Crippen molar-refractivity contribution in [3.05, 3.63) is 59.4 Å². The van der Waals surface area contributed by atoms with Crippen molar-refractivity contribution in [2.45, 2.75) is 6.42 Å². The van der Waals surface area contributed by atoms with Crippen LogP contribution in [0.5, 0.6) is 5.75 Å². The van der Waals surface area contributed by atoms with Gasteiger partial charge in [-0.3, -0.25) is 9.78 Å². The highest BCUT2D eigenvalue weighted by Crippen LogP contribution is 2.14. The highest BCUT2D eigenvalue weighted by molar-refractivity contribution is 5.97. The number of carbonyl (C=O) groups excluding carboxylic acids is 1. The Kier molecular flexibility index (Phi) is 3.85. The van der Waals surface area contributed by atoms with Crippen LogP contribution >= 0.6 is 0 Å². The SMILES string of the molecule is COc1cncc(C(=O)Cc2cc(F)cc(F)c2)c1. The molecule has 0 aliphatic carbocycles. The van der Waals surface area contributed by atoms with Gasteiger partial charge in [-0.05, 0) is 23.8 Å². The number of halogens is 2. The lowest BCUT2D eigenvalue weighted by molar-refractivity contribution is 0.0992. The van der Waals surface area contributed by atoms with Crippen LogP contribution in [0.15, 0.2) is 36.7 Å². The molecule has 0 saturated carbocycles. The second-order valence-corrected chi connectivity index (χ2v) is 3.99. The van der Waals surface area contributed by atoms with Crippen LogP contribution in [0.1, 0.15) is 15.9 Å². The molecule has 3 nitrogen and oxygen atoms in total. The minimum absolute atomic E-state index is 0.0937. The minimum Gasteiger partial charge on any atom is -0.495 e. The molecule has 1 heterocycles. The van der Waals surface area contributed by atoms with E-state index in [1.54, 1.807) is 0 Å². The predicted octanol–water partition coefficient (Wildman–Crippen LogP) is 2.79. The number of hydrogen-bond donors (Lipinski definition) is 0. The number of hydrogen-bond acceptors (Lipinski definition) is 3. The van der Waals surface area contributed by atoms with Crippen LogP contribution in [0.3, 0.4) is 0 Å². The van der Waals surface area contributed by atoms with Crippen molar-refractivity contribution in [1.29, 1.82) is 0 Å². The number of carbonyl (C=O) groups is 1. The van der Waals surface area contributed by atoms with Gasteiger partial charge in [0.05, 0.1) is 13.3 Å². The first-order chi connectivity index (χ1) is 9.08. The lowest BCUT2D eigenvalue weighted by Crippen LogP contribution is -2.05. The molecule has 0 radical (unpaired) electrons. The summed E-state index contributed by atoms with van der Waals surface area (Å²) >= 11 is 0. The molecule has 0 spiro atoms. The minimum atomic E-state index is -0.702. The van der Waals surface area contributed by atoms with Crippen LogP contribution in [0.25, 0.3) is 0 Å². The first kappa shape index (κ1) is 13.1. The molecule has 0 aliphatic rings.